The monoisotopic (exact) mass is 360 g/mol. The average molecular weight is 361 g/mol. The molecule has 2 aliphatic rings. The van der Waals surface area contributed by atoms with Crippen molar-refractivity contribution in [2.24, 2.45) is 11.8 Å². The summed E-state index contributed by atoms with van der Waals surface area (Å²) in [6, 6.07) is 0. The molecule has 0 spiro atoms. The minimum absolute atomic E-state index is 0. The van der Waals surface area contributed by atoms with E-state index in [1.54, 1.807) is 11.1 Å². The number of hydrogen-bond donors (Lipinski definition) is 0. The van der Waals surface area contributed by atoms with E-state index >= 15 is 0 Å². The Labute approximate surface area is 152 Å². The summed E-state index contributed by atoms with van der Waals surface area (Å²) in [4.78, 5) is 0. The van der Waals surface area contributed by atoms with Gasteiger partial charge in [0.2, 0.25) is 0 Å². The molecule has 0 aromatic rings. The Balaban J connectivity index is 0.00000200. The SMILES string of the molecule is CC(C)C1=CC=C[C]1(C)[Ti+2][C]1(C)C=CC=C1C(C)C.[Cl-].[Cl-]. The van der Waals surface area contributed by atoms with Crippen LogP contribution in [-0.2, 0) is 19.2 Å². The molecule has 0 aromatic heterocycles. The fourth-order valence-corrected chi connectivity index (χ4v) is 7.44. The van der Waals surface area contributed by atoms with E-state index in [2.05, 4.69) is 78.0 Å². The Morgan fingerprint density at radius 2 is 1.10 bits per heavy atom. The first-order valence-corrected chi connectivity index (χ1v) is 8.94. The van der Waals surface area contributed by atoms with Gasteiger partial charge in [0, 0.05) is 0 Å². The zero-order valence-corrected chi connectivity index (χ0v) is 16.9. The Morgan fingerprint density at radius 1 is 0.762 bits per heavy atom. The van der Waals surface area contributed by atoms with E-state index in [9.17, 15) is 0 Å². The number of hydrogen-bond acceptors (Lipinski definition) is 0. The van der Waals surface area contributed by atoms with E-state index in [0.29, 0.717) is 19.3 Å². The van der Waals surface area contributed by atoms with Gasteiger partial charge in [0.25, 0.3) is 0 Å². The molecule has 0 N–H and O–H groups in total. The summed E-state index contributed by atoms with van der Waals surface area (Å²) >= 11 is -0.169. The number of halogens is 2. The molecule has 0 nitrogen and oxygen atoms in total. The average Bonchev–Trinajstić information content (AvgIpc) is 2.81. The fraction of sp³-hybridized carbons (Fsp3) is 0.556. The van der Waals surface area contributed by atoms with Gasteiger partial charge in [-0.1, -0.05) is 0 Å². The molecule has 0 heterocycles. The minimum atomic E-state index is -0.169. The maximum atomic E-state index is 2.46. The van der Waals surface area contributed by atoms with Gasteiger partial charge in [-0.3, -0.25) is 0 Å². The largest absolute Gasteiger partial charge is 1.00 e. The van der Waals surface area contributed by atoms with Crippen molar-refractivity contribution < 1.29 is 44.0 Å². The maximum absolute atomic E-state index is 2.46. The molecule has 3 heteroatoms. The zero-order valence-electron chi connectivity index (χ0n) is 13.9. The van der Waals surface area contributed by atoms with E-state index in [0.717, 1.165) is 0 Å². The van der Waals surface area contributed by atoms with Gasteiger partial charge in [-0.2, -0.15) is 0 Å². The van der Waals surface area contributed by atoms with Gasteiger partial charge < -0.3 is 24.8 Å². The minimum Gasteiger partial charge on any atom is -1.00 e. The summed E-state index contributed by atoms with van der Waals surface area (Å²) in [7, 11) is 0. The smallest absolute Gasteiger partial charge is 1.00 e. The normalized spacial score (nSPS) is 29.9. The Hall–Kier alpha value is 0.254. The molecular formula is C18H26Cl2Ti. The summed E-state index contributed by atoms with van der Waals surface area (Å²) in [6.45, 7) is 14.2. The van der Waals surface area contributed by atoms with Crippen molar-refractivity contribution >= 4 is 0 Å². The van der Waals surface area contributed by atoms with Crippen LogP contribution in [0.5, 0.6) is 0 Å². The topological polar surface area (TPSA) is 0 Å². The van der Waals surface area contributed by atoms with Crippen molar-refractivity contribution in [3.05, 3.63) is 47.6 Å². The molecule has 2 unspecified atom stereocenters. The van der Waals surface area contributed by atoms with Crippen LogP contribution in [0.2, 0.25) is 7.44 Å². The van der Waals surface area contributed by atoms with E-state index in [1.165, 1.54) is 0 Å². The second kappa shape index (κ2) is 7.69. The van der Waals surface area contributed by atoms with E-state index in [1.807, 2.05) is 0 Å². The molecule has 0 radical (unpaired) electrons. The second-order valence-electron chi connectivity index (χ2n) is 6.80. The van der Waals surface area contributed by atoms with Gasteiger partial charge >= 0.3 is 128 Å². The van der Waals surface area contributed by atoms with Crippen molar-refractivity contribution in [3.8, 4) is 0 Å². The van der Waals surface area contributed by atoms with Crippen LogP contribution in [0.4, 0.5) is 0 Å². The predicted octanol–water partition coefficient (Wildman–Crippen LogP) is -0.261. The molecule has 0 saturated carbocycles. The van der Waals surface area contributed by atoms with E-state index < -0.39 is 0 Å². The molecule has 0 saturated heterocycles. The van der Waals surface area contributed by atoms with Crippen molar-refractivity contribution in [2.45, 2.75) is 49.0 Å². The summed E-state index contributed by atoms with van der Waals surface area (Å²) in [5.41, 5.74) is 3.27. The van der Waals surface area contributed by atoms with E-state index in [-0.39, 0.29) is 44.0 Å². The molecule has 0 amide bonds. The van der Waals surface area contributed by atoms with Crippen LogP contribution in [0.1, 0.15) is 41.5 Å². The molecule has 0 fully saturated rings. The van der Waals surface area contributed by atoms with Crippen LogP contribution in [0.15, 0.2) is 47.6 Å². The number of allylic oxidation sites excluding steroid dienone is 8. The van der Waals surface area contributed by atoms with Crippen molar-refractivity contribution in [1.82, 2.24) is 0 Å². The van der Waals surface area contributed by atoms with Crippen LogP contribution in [0, 0.1) is 11.8 Å². The first-order valence-electron chi connectivity index (χ1n) is 7.37. The van der Waals surface area contributed by atoms with Crippen LogP contribution < -0.4 is 24.8 Å². The van der Waals surface area contributed by atoms with Crippen LogP contribution >= 0.6 is 0 Å². The van der Waals surface area contributed by atoms with Crippen LogP contribution in [0.3, 0.4) is 0 Å². The van der Waals surface area contributed by atoms with Gasteiger partial charge in [-0.15, -0.1) is 0 Å². The molecule has 116 valence electrons. The molecule has 2 rings (SSSR count). The van der Waals surface area contributed by atoms with Crippen molar-refractivity contribution in [2.75, 3.05) is 0 Å². The van der Waals surface area contributed by atoms with Crippen LogP contribution in [-0.4, -0.2) is 0 Å². The third-order valence-electron chi connectivity index (χ3n) is 4.37. The Morgan fingerprint density at radius 3 is 1.38 bits per heavy atom. The Kier molecular flexibility index (Phi) is 7.78. The predicted molar refractivity (Wildman–Crippen MR) is 80.9 cm³/mol. The van der Waals surface area contributed by atoms with E-state index in [4.69, 9.17) is 0 Å². The third-order valence-corrected chi connectivity index (χ3v) is 7.42. The Bertz CT molecular complexity index is 441. The molecule has 21 heavy (non-hydrogen) atoms. The molecule has 0 aromatic carbocycles. The molecule has 2 aliphatic carbocycles. The zero-order chi connectivity index (χ0) is 14.3. The first kappa shape index (κ1) is 21.3. The summed E-state index contributed by atoms with van der Waals surface area (Å²) in [5, 5.41) is 0. The van der Waals surface area contributed by atoms with Crippen molar-refractivity contribution in [3.63, 3.8) is 0 Å². The van der Waals surface area contributed by atoms with Gasteiger partial charge in [0.05, 0.1) is 0 Å². The first-order chi connectivity index (χ1) is 8.78. The van der Waals surface area contributed by atoms with Gasteiger partial charge in [0.15, 0.2) is 0 Å². The standard InChI is InChI=1S/2C9H13.2ClH.Ti/c2*1-7(2)9-6-4-5-8(9)3;;;/h2*4-7H,1-3H3;2*1H;/q;;;;+2/p-2. The fourth-order valence-electron chi connectivity index (χ4n) is 3.58. The molecule has 2 atom stereocenters. The van der Waals surface area contributed by atoms with Crippen molar-refractivity contribution in [1.29, 1.82) is 0 Å². The summed E-state index contributed by atoms with van der Waals surface area (Å²) < 4.78 is 0.678. The molecular weight excluding hydrogens is 335 g/mol. The molecule has 0 aliphatic heterocycles. The van der Waals surface area contributed by atoms with Gasteiger partial charge in [0.1, 0.15) is 0 Å². The maximum Gasteiger partial charge on any atom is -1.00 e. The summed E-state index contributed by atoms with van der Waals surface area (Å²) in [5.74, 6) is 1.31. The number of rotatable bonds is 4. The third kappa shape index (κ3) is 4.17. The van der Waals surface area contributed by atoms with Gasteiger partial charge in [-0.25, -0.2) is 0 Å². The second-order valence-corrected chi connectivity index (χ2v) is 10.4. The molecule has 0 bridgehead atoms. The summed E-state index contributed by atoms with van der Waals surface area (Å²) in [6.07, 6.45) is 14.2. The van der Waals surface area contributed by atoms with Crippen LogP contribution in [0.25, 0.3) is 0 Å². The quantitative estimate of drug-likeness (QED) is 0.606. The van der Waals surface area contributed by atoms with Gasteiger partial charge in [-0.05, 0) is 0 Å².